The van der Waals surface area contributed by atoms with Crippen molar-refractivity contribution >= 4 is 11.4 Å². The molecular weight excluding hydrogens is 466 g/mol. The van der Waals surface area contributed by atoms with Crippen molar-refractivity contribution in [1.82, 2.24) is 19.8 Å². The van der Waals surface area contributed by atoms with E-state index in [0.29, 0.717) is 23.6 Å². The lowest BCUT2D eigenvalue weighted by atomic mass is 9.93. The Morgan fingerprint density at radius 3 is 2.46 bits per heavy atom. The summed E-state index contributed by atoms with van der Waals surface area (Å²) in [5.74, 6) is 1.43. The largest absolute Gasteiger partial charge is 0.497 e. The van der Waals surface area contributed by atoms with Crippen molar-refractivity contribution in [2.75, 3.05) is 52.8 Å². The fourth-order valence-corrected chi connectivity index (χ4v) is 4.91. The summed E-state index contributed by atoms with van der Waals surface area (Å²) >= 11 is 0. The summed E-state index contributed by atoms with van der Waals surface area (Å²) in [7, 11) is 5.43. The first-order valence-corrected chi connectivity index (χ1v) is 12.5. The van der Waals surface area contributed by atoms with Crippen molar-refractivity contribution in [1.29, 1.82) is 0 Å². The van der Waals surface area contributed by atoms with E-state index in [1.807, 2.05) is 42.7 Å². The van der Waals surface area contributed by atoms with Crippen LogP contribution >= 0.6 is 0 Å². The standard InChI is InChI=1S/C28H35N7O2/c1-34-8-10-35(11-9-34)18-22-6-4-20(16-31-22)21-12-25-27(32-17-21)24(29)15-28(30,33-25)14-19-5-7-23(36-2)13-26(19)37-3/h4-7,12-13,15-17,33H,8-11,14,18,29-30H2,1-3H3. The molecular formula is C28H35N7O2. The van der Waals surface area contributed by atoms with E-state index in [2.05, 4.69) is 39.3 Å². The Kier molecular flexibility index (Phi) is 7.01. The third-order valence-electron chi connectivity index (χ3n) is 7.06. The van der Waals surface area contributed by atoms with Gasteiger partial charge in [-0.05, 0) is 36.9 Å². The molecule has 9 heteroatoms. The Morgan fingerprint density at radius 1 is 0.973 bits per heavy atom. The van der Waals surface area contributed by atoms with Crippen molar-refractivity contribution in [3.63, 3.8) is 0 Å². The number of benzene rings is 1. The van der Waals surface area contributed by atoms with E-state index in [1.54, 1.807) is 14.2 Å². The molecule has 5 N–H and O–H groups in total. The van der Waals surface area contributed by atoms with E-state index in [9.17, 15) is 0 Å². The van der Waals surface area contributed by atoms with Gasteiger partial charge in [0.25, 0.3) is 0 Å². The van der Waals surface area contributed by atoms with Crippen molar-refractivity contribution in [2.45, 2.75) is 18.6 Å². The van der Waals surface area contributed by atoms with Gasteiger partial charge in [0, 0.05) is 68.7 Å². The van der Waals surface area contributed by atoms with Crippen LogP contribution in [0.5, 0.6) is 11.5 Å². The van der Waals surface area contributed by atoms with E-state index in [1.165, 1.54) is 0 Å². The Bertz CT molecular complexity index is 1290. The molecule has 2 aromatic heterocycles. The fourth-order valence-electron chi connectivity index (χ4n) is 4.91. The lowest BCUT2D eigenvalue weighted by molar-refractivity contribution is 0.147. The molecule has 1 unspecified atom stereocenters. The van der Waals surface area contributed by atoms with E-state index >= 15 is 0 Å². The predicted molar refractivity (Wildman–Crippen MR) is 146 cm³/mol. The normalized spacial score (nSPS) is 20.1. The number of nitrogens with one attached hydrogen (secondary N) is 1. The first-order chi connectivity index (χ1) is 17.9. The van der Waals surface area contributed by atoms with Gasteiger partial charge in [-0.15, -0.1) is 0 Å². The van der Waals surface area contributed by atoms with Gasteiger partial charge < -0.3 is 31.2 Å². The summed E-state index contributed by atoms with van der Waals surface area (Å²) in [5, 5.41) is 3.45. The topological polar surface area (TPSA) is 115 Å². The summed E-state index contributed by atoms with van der Waals surface area (Å²) in [4.78, 5) is 14.2. The molecule has 37 heavy (non-hydrogen) atoms. The number of piperazine rings is 1. The zero-order valence-electron chi connectivity index (χ0n) is 21.7. The number of anilines is 1. The molecule has 1 atom stereocenters. The molecule has 0 amide bonds. The molecule has 5 rings (SSSR count). The van der Waals surface area contributed by atoms with Crippen LogP contribution in [0.15, 0.2) is 54.9 Å². The lowest BCUT2D eigenvalue weighted by Gasteiger charge is -2.34. The third-order valence-corrected chi connectivity index (χ3v) is 7.06. The monoisotopic (exact) mass is 501 g/mol. The van der Waals surface area contributed by atoms with E-state index in [4.69, 9.17) is 25.9 Å². The third kappa shape index (κ3) is 5.53. The number of ether oxygens (including phenoxy) is 2. The highest BCUT2D eigenvalue weighted by atomic mass is 16.5. The number of hydrogen-bond donors (Lipinski definition) is 3. The molecule has 194 valence electrons. The lowest BCUT2D eigenvalue weighted by Crippen LogP contribution is -2.50. The second kappa shape index (κ2) is 10.4. The average Bonchev–Trinajstić information content (AvgIpc) is 2.90. The van der Waals surface area contributed by atoms with Crippen molar-refractivity contribution < 1.29 is 9.47 Å². The van der Waals surface area contributed by atoms with Gasteiger partial charge in [0.05, 0.1) is 31.3 Å². The smallest absolute Gasteiger partial charge is 0.125 e. The van der Waals surface area contributed by atoms with Gasteiger partial charge in [-0.25, -0.2) is 0 Å². The average molecular weight is 502 g/mol. The first-order valence-electron chi connectivity index (χ1n) is 12.5. The van der Waals surface area contributed by atoms with Crippen LogP contribution in [-0.2, 0) is 13.0 Å². The van der Waals surface area contributed by atoms with Crippen LogP contribution < -0.4 is 26.3 Å². The minimum atomic E-state index is -0.913. The van der Waals surface area contributed by atoms with Crippen LogP contribution in [0.4, 0.5) is 5.69 Å². The molecule has 1 saturated heterocycles. The number of likely N-dealkylation sites (N-methyl/N-ethyl adjacent to an activating group) is 1. The summed E-state index contributed by atoms with van der Waals surface area (Å²) in [6, 6.07) is 11.9. The highest BCUT2D eigenvalue weighted by Gasteiger charge is 2.31. The maximum Gasteiger partial charge on any atom is 0.125 e. The van der Waals surface area contributed by atoms with Gasteiger partial charge in [-0.2, -0.15) is 0 Å². The summed E-state index contributed by atoms with van der Waals surface area (Å²) in [5.41, 5.74) is 18.2. The van der Waals surface area contributed by atoms with Gasteiger partial charge in [-0.3, -0.25) is 14.9 Å². The molecule has 1 aromatic carbocycles. The fraction of sp³-hybridized carbons (Fsp3) is 0.357. The SMILES string of the molecule is COc1ccc(CC2(N)C=C(N)c3ncc(-c4ccc(CN5CCN(C)CC5)nc4)cc3N2)c(OC)c1. The molecule has 1 fully saturated rings. The molecule has 0 bridgehead atoms. The molecule has 0 saturated carbocycles. The molecule has 0 spiro atoms. The second-order valence-corrected chi connectivity index (χ2v) is 9.86. The molecule has 3 aromatic rings. The second-order valence-electron chi connectivity index (χ2n) is 9.86. The highest BCUT2D eigenvalue weighted by molar-refractivity contribution is 5.80. The summed E-state index contributed by atoms with van der Waals surface area (Å²) in [6.45, 7) is 5.19. The Hall–Kier alpha value is -3.66. The van der Waals surface area contributed by atoms with Crippen LogP contribution in [0, 0.1) is 0 Å². The van der Waals surface area contributed by atoms with Gasteiger partial charge >= 0.3 is 0 Å². The van der Waals surface area contributed by atoms with Crippen LogP contribution in [0.2, 0.25) is 0 Å². The highest BCUT2D eigenvalue weighted by Crippen LogP contribution is 2.35. The number of hydrogen-bond acceptors (Lipinski definition) is 9. The number of nitrogens with two attached hydrogens (primary N) is 2. The summed E-state index contributed by atoms with van der Waals surface area (Å²) < 4.78 is 10.9. The number of methoxy groups -OCH3 is 2. The number of pyridine rings is 2. The predicted octanol–water partition coefficient (Wildman–Crippen LogP) is 2.53. The Labute approximate surface area is 218 Å². The Balaban J connectivity index is 1.34. The number of aromatic nitrogens is 2. The number of nitrogens with zero attached hydrogens (tertiary/aromatic N) is 4. The zero-order valence-corrected chi connectivity index (χ0v) is 21.7. The molecule has 4 heterocycles. The van der Waals surface area contributed by atoms with Gasteiger partial charge in [0.1, 0.15) is 22.9 Å². The van der Waals surface area contributed by atoms with Crippen LogP contribution in [0.1, 0.15) is 17.0 Å². The maximum absolute atomic E-state index is 6.79. The number of rotatable bonds is 7. The first kappa shape index (κ1) is 25.0. The molecule has 2 aliphatic rings. The molecule has 2 aliphatic heterocycles. The minimum absolute atomic E-state index is 0.465. The maximum atomic E-state index is 6.79. The van der Waals surface area contributed by atoms with Crippen LogP contribution in [0.25, 0.3) is 16.8 Å². The van der Waals surface area contributed by atoms with E-state index in [-0.39, 0.29) is 0 Å². The van der Waals surface area contributed by atoms with Crippen molar-refractivity contribution in [3.05, 3.63) is 71.8 Å². The Morgan fingerprint density at radius 2 is 1.76 bits per heavy atom. The molecule has 0 radical (unpaired) electrons. The van der Waals surface area contributed by atoms with Gasteiger partial charge in [-0.1, -0.05) is 12.1 Å². The number of fused-ring (bicyclic) bond motifs is 1. The molecule has 0 aliphatic carbocycles. The zero-order chi connectivity index (χ0) is 26.0. The minimum Gasteiger partial charge on any atom is -0.497 e. The van der Waals surface area contributed by atoms with E-state index in [0.717, 1.165) is 66.5 Å². The quantitative estimate of drug-likeness (QED) is 0.449. The van der Waals surface area contributed by atoms with Crippen LogP contribution in [0.3, 0.4) is 0 Å². The molecule has 9 nitrogen and oxygen atoms in total. The van der Waals surface area contributed by atoms with Crippen molar-refractivity contribution in [2.24, 2.45) is 11.5 Å². The van der Waals surface area contributed by atoms with E-state index < -0.39 is 5.66 Å². The van der Waals surface area contributed by atoms with Crippen molar-refractivity contribution in [3.8, 4) is 22.6 Å². The van der Waals surface area contributed by atoms with Crippen LogP contribution in [-0.4, -0.2) is 72.9 Å². The van der Waals surface area contributed by atoms with Gasteiger partial charge in [0.15, 0.2) is 0 Å². The van der Waals surface area contributed by atoms with Gasteiger partial charge in [0.2, 0.25) is 0 Å². The summed E-state index contributed by atoms with van der Waals surface area (Å²) in [6.07, 6.45) is 6.02.